The molecular weight excluding hydrogens is 190 g/mol. The van der Waals surface area contributed by atoms with Crippen LogP contribution in [0.25, 0.3) is 0 Å². The second-order valence-corrected chi connectivity index (χ2v) is 4.11. The van der Waals surface area contributed by atoms with E-state index in [0.717, 1.165) is 25.9 Å². The van der Waals surface area contributed by atoms with Crippen LogP contribution in [0.4, 0.5) is 0 Å². The van der Waals surface area contributed by atoms with Crippen LogP contribution in [0.1, 0.15) is 33.1 Å². The van der Waals surface area contributed by atoms with Crippen molar-refractivity contribution in [2.45, 2.75) is 38.7 Å². The Bertz CT molecular complexity index is 212. The summed E-state index contributed by atoms with van der Waals surface area (Å²) in [7, 11) is 1.75. The first-order valence-corrected chi connectivity index (χ1v) is 5.77. The molecule has 0 aromatic rings. The minimum absolute atomic E-state index is 0.129. The molecule has 1 heterocycles. The van der Waals surface area contributed by atoms with E-state index in [1.165, 1.54) is 6.42 Å². The first kappa shape index (κ1) is 12.3. The third-order valence-electron chi connectivity index (χ3n) is 3.43. The molecule has 0 radical (unpaired) electrons. The number of nitrogens with zero attached hydrogens (tertiary/aromatic N) is 2. The first-order valence-electron chi connectivity index (χ1n) is 5.77. The van der Waals surface area contributed by atoms with E-state index in [9.17, 15) is 0 Å². The number of guanidine groups is 1. The number of hydrogen-bond acceptors (Lipinski definition) is 2. The zero-order valence-corrected chi connectivity index (χ0v) is 10.1. The van der Waals surface area contributed by atoms with E-state index in [0.29, 0.717) is 12.5 Å². The zero-order valence-electron chi connectivity index (χ0n) is 10.1. The van der Waals surface area contributed by atoms with Crippen molar-refractivity contribution >= 4 is 5.96 Å². The Labute approximate surface area is 92.5 Å². The van der Waals surface area contributed by atoms with Crippen LogP contribution in [-0.2, 0) is 4.74 Å². The number of methoxy groups -OCH3 is 1. The van der Waals surface area contributed by atoms with Gasteiger partial charge in [0.2, 0.25) is 0 Å². The molecule has 0 bridgehead atoms. The summed E-state index contributed by atoms with van der Waals surface area (Å²) in [5, 5.41) is 0. The lowest BCUT2D eigenvalue weighted by atomic mass is 9.97. The van der Waals surface area contributed by atoms with Crippen LogP contribution >= 0.6 is 0 Å². The van der Waals surface area contributed by atoms with Gasteiger partial charge in [-0.2, -0.15) is 0 Å². The molecule has 1 aliphatic rings. The molecule has 0 aromatic carbocycles. The van der Waals surface area contributed by atoms with E-state index in [1.807, 2.05) is 0 Å². The minimum atomic E-state index is -0.129. The van der Waals surface area contributed by atoms with E-state index in [2.05, 4.69) is 23.7 Å². The highest BCUT2D eigenvalue weighted by atomic mass is 16.5. The van der Waals surface area contributed by atoms with E-state index >= 15 is 0 Å². The number of ether oxygens (including phenoxy) is 1. The fraction of sp³-hybridized carbons (Fsp3) is 0.909. The SMILES string of the molecule is CCC(CC)(CN=C(N)N1CCC1)OC. The molecule has 2 N–H and O–H groups in total. The average molecular weight is 213 g/mol. The maximum atomic E-state index is 5.87. The van der Waals surface area contributed by atoms with Gasteiger partial charge in [0.1, 0.15) is 0 Å². The van der Waals surface area contributed by atoms with Crippen LogP contribution in [0.2, 0.25) is 0 Å². The van der Waals surface area contributed by atoms with Crippen LogP contribution in [0.3, 0.4) is 0 Å². The van der Waals surface area contributed by atoms with E-state index in [4.69, 9.17) is 10.5 Å². The van der Waals surface area contributed by atoms with Crippen molar-refractivity contribution in [3.63, 3.8) is 0 Å². The summed E-state index contributed by atoms with van der Waals surface area (Å²) in [4.78, 5) is 6.53. The largest absolute Gasteiger partial charge is 0.376 e. The van der Waals surface area contributed by atoms with Gasteiger partial charge < -0.3 is 15.4 Å². The van der Waals surface area contributed by atoms with Crippen molar-refractivity contribution in [3.05, 3.63) is 0 Å². The average Bonchev–Trinajstić information content (AvgIpc) is 2.18. The molecule has 0 aromatic heterocycles. The predicted molar refractivity (Wildman–Crippen MR) is 63.0 cm³/mol. The molecule has 0 atom stereocenters. The second kappa shape index (κ2) is 5.35. The van der Waals surface area contributed by atoms with Crippen molar-refractivity contribution in [2.24, 2.45) is 10.7 Å². The van der Waals surface area contributed by atoms with Crippen LogP contribution < -0.4 is 5.73 Å². The fourth-order valence-electron chi connectivity index (χ4n) is 1.70. The van der Waals surface area contributed by atoms with Crippen LogP contribution in [-0.4, -0.2) is 43.2 Å². The Morgan fingerprint density at radius 3 is 2.33 bits per heavy atom. The monoisotopic (exact) mass is 213 g/mol. The Balaban J connectivity index is 2.50. The molecule has 0 amide bonds. The van der Waals surface area contributed by atoms with Crippen molar-refractivity contribution in [2.75, 3.05) is 26.7 Å². The lowest BCUT2D eigenvalue weighted by Crippen LogP contribution is -2.47. The maximum Gasteiger partial charge on any atom is 0.191 e. The summed E-state index contributed by atoms with van der Waals surface area (Å²) < 4.78 is 5.54. The normalized spacial score (nSPS) is 17.8. The molecule has 0 unspecified atom stereocenters. The number of hydrogen-bond donors (Lipinski definition) is 1. The lowest BCUT2D eigenvalue weighted by molar-refractivity contribution is -0.00860. The smallest absolute Gasteiger partial charge is 0.191 e. The van der Waals surface area contributed by atoms with Crippen LogP contribution in [0.15, 0.2) is 4.99 Å². The molecule has 0 saturated carbocycles. The highest BCUT2D eigenvalue weighted by molar-refractivity contribution is 5.78. The highest BCUT2D eigenvalue weighted by Crippen LogP contribution is 2.20. The maximum absolute atomic E-state index is 5.87. The summed E-state index contributed by atoms with van der Waals surface area (Å²) in [6.45, 7) is 7.02. The number of nitrogens with two attached hydrogens (primary N) is 1. The molecular formula is C11H23N3O. The second-order valence-electron chi connectivity index (χ2n) is 4.11. The Kier molecular flexibility index (Phi) is 4.39. The van der Waals surface area contributed by atoms with Gasteiger partial charge in [-0.15, -0.1) is 0 Å². The zero-order chi connectivity index (χ0) is 11.3. The van der Waals surface area contributed by atoms with Gasteiger partial charge in [-0.25, -0.2) is 0 Å². The molecule has 0 spiro atoms. The van der Waals surface area contributed by atoms with Crippen molar-refractivity contribution in [1.29, 1.82) is 0 Å². The molecule has 1 aliphatic heterocycles. The lowest BCUT2D eigenvalue weighted by Gasteiger charge is -2.33. The van der Waals surface area contributed by atoms with Crippen LogP contribution in [0, 0.1) is 0 Å². The van der Waals surface area contributed by atoms with Gasteiger partial charge in [0.25, 0.3) is 0 Å². The summed E-state index contributed by atoms with van der Waals surface area (Å²) in [5.41, 5.74) is 5.74. The molecule has 15 heavy (non-hydrogen) atoms. The Morgan fingerprint density at radius 1 is 1.40 bits per heavy atom. The summed E-state index contributed by atoms with van der Waals surface area (Å²) in [6.07, 6.45) is 3.17. The number of aliphatic imine (C=N–C) groups is 1. The van der Waals surface area contributed by atoms with Gasteiger partial charge >= 0.3 is 0 Å². The Hall–Kier alpha value is -0.770. The van der Waals surface area contributed by atoms with Gasteiger partial charge in [0.15, 0.2) is 5.96 Å². The molecule has 4 heteroatoms. The van der Waals surface area contributed by atoms with Crippen molar-refractivity contribution in [1.82, 2.24) is 4.90 Å². The molecule has 1 saturated heterocycles. The molecule has 1 fully saturated rings. The molecule has 4 nitrogen and oxygen atoms in total. The number of likely N-dealkylation sites (tertiary alicyclic amines) is 1. The third kappa shape index (κ3) is 2.84. The fourth-order valence-corrected chi connectivity index (χ4v) is 1.70. The van der Waals surface area contributed by atoms with Gasteiger partial charge in [0, 0.05) is 20.2 Å². The van der Waals surface area contributed by atoms with Crippen LogP contribution in [0.5, 0.6) is 0 Å². The summed E-state index contributed by atoms with van der Waals surface area (Å²) in [5.74, 6) is 0.671. The Morgan fingerprint density at radius 2 is 2.00 bits per heavy atom. The third-order valence-corrected chi connectivity index (χ3v) is 3.43. The molecule has 0 aliphatic carbocycles. The molecule has 88 valence electrons. The quantitative estimate of drug-likeness (QED) is 0.551. The van der Waals surface area contributed by atoms with E-state index < -0.39 is 0 Å². The first-order chi connectivity index (χ1) is 7.17. The number of rotatable bonds is 5. The van der Waals surface area contributed by atoms with Gasteiger partial charge in [0.05, 0.1) is 12.1 Å². The van der Waals surface area contributed by atoms with Crippen molar-refractivity contribution in [3.8, 4) is 0 Å². The summed E-state index contributed by atoms with van der Waals surface area (Å²) >= 11 is 0. The standard InChI is InChI=1S/C11H23N3O/c1-4-11(5-2,15-3)9-13-10(12)14-7-6-8-14/h4-9H2,1-3H3,(H2,12,13). The highest BCUT2D eigenvalue weighted by Gasteiger charge is 2.25. The predicted octanol–water partition coefficient (Wildman–Crippen LogP) is 1.21. The minimum Gasteiger partial charge on any atom is -0.376 e. The molecule has 1 rings (SSSR count). The van der Waals surface area contributed by atoms with Gasteiger partial charge in [-0.05, 0) is 19.3 Å². The van der Waals surface area contributed by atoms with E-state index in [1.54, 1.807) is 7.11 Å². The summed E-state index contributed by atoms with van der Waals surface area (Å²) in [6, 6.07) is 0. The van der Waals surface area contributed by atoms with Crippen molar-refractivity contribution < 1.29 is 4.74 Å². The van der Waals surface area contributed by atoms with Gasteiger partial charge in [-0.1, -0.05) is 13.8 Å². The topological polar surface area (TPSA) is 50.8 Å². The van der Waals surface area contributed by atoms with E-state index in [-0.39, 0.29) is 5.60 Å². The van der Waals surface area contributed by atoms with Gasteiger partial charge in [-0.3, -0.25) is 4.99 Å².